The Hall–Kier alpha value is -1.21. The lowest BCUT2D eigenvalue weighted by Gasteiger charge is -2.10. The van der Waals surface area contributed by atoms with Crippen LogP contribution in [-0.4, -0.2) is 31.7 Å². The monoisotopic (exact) mass is 271 g/mol. The lowest BCUT2D eigenvalue weighted by atomic mass is 10.3. The maximum Gasteiger partial charge on any atom is 0.157 e. The average molecular weight is 271 g/mol. The van der Waals surface area contributed by atoms with Gasteiger partial charge in [-0.3, -0.25) is 0 Å². The van der Waals surface area contributed by atoms with Crippen molar-refractivity contribution in [3.8, 4) is 0 Å². The smallest absolute Gasteiger partial charge is 0.157 e. The fourth-order valence-electron chi connectivity index (χ4n) is 1.44. The summed E-state index contributed by atoms with van der Waals surface area (Å²) < 4.78 is 23.0. The van der Waals surface area contributed by atoms with E-state index in [2.05, 4.69) is 15.3 Å². The summed E-state index contributed by atoms with van der Waals surface area (Å²) in [5, 5.41) is 5.10. The van der Waals surface area contributed by atoms with Gasteiger partial charge in [0.05, 0.1) is 5.39 Å². The van der Waals surface area contributed by atoms with E-state index in [4.69, 9.17) is 0 Å². The lowest BCUT2D eigenvalue weighted by molar-refractivity contribution is 0.589. The Bertz CT molecular complexity index is 649. The Kier molecular flexibility index (Phi) is 3.05. The van der Waals surface area contributed by atoms with E-state index >= 15 is 0 Å². The van der Waals surface area contributed by atoms with Crippen molar-refractivity contribution in [2.75, 3.05) is 18.6 Å². The van der Waals surface area contributed by atoms with Crippen LogP contribution in [0.1, 0.15) is 18.0 Å². The van der Waals surface area contributed by atoms with Gasteiger partial charge < -0.3 is 5.32 Å². The first-order valence-electron chi connectivity index (χ1n) is 5.05. The van der Waals surface area contributed by atoms with Crippen molar-refractivity contribution in [2.45, 2.75) is 12.2 Å². The molecule has 7 heteroatoms. The van der Waals surface area contributed by atoms with Crippen LogP contribution in [0.4, 0.5) is 5.82 Å². The highest BCUT2D eigenvalue weighted by atomic mass is 32.2. The summed E-state index contributed by atoms with van der Waals surface area (Å²) in [6.07, 6.45) is 1.19. The average Bonchev–Trinajstić information content (AvgIpc) is 2.73. The molecule has 0 fully saturated rings. The number of nitrogens with one attached hydrogen (secondary N) is 1. The molecule has 92 valence electrons. The van der Waals surface area contributed by atoms with E-state index in [0.29, 0.717) is 11.6 Å². The fourth-order valence-corrected chi connectivity index (χ4v) is 2.70. The molecule has 17 heavy (non-hydrogen) atoms. The quantitative estimate of drug-likeness (QED) is 0.922. The van der Waals surface area contributed by atoms with Crippen molar-refractivity contribution in [3.05, 3.63) is 17.3 Å². The molecule has 0 spiro atoms. The van der Waals surface area contributed by atoms with Gasteiger partial charge in [0.25, 0.3) is 0 Å². The second-order valence-electron chi connectivity index (χ2n) is 3.79. The maximum atomic E-state index is 11.5. The molecule has 0 saturated heterocycles. The molecule has 2 rings (SSSR count). The van der Waals surface area contributed by atoms with E-state index in [0.717, 1.165) is 10.2 Å². The van der Waals surface area contributed by atoms with Crippen LogP contribution < -0.4 is 5.32 Å². The van der Waals surface area contributed by atoms with Gasteiger partial charge in [0.1, 0.15) is 21.7 Å². The van der Waals surface area contributed by atoms with Gasteiger partial charge in [0, 0.05) is 13.3 Å². The third-order valence-electron chi connectivity index (χ3n) is 2.58. The van der Waals surface area contributed by atoms with Gasteiger partial charge in [-0.1, -0.05) is 0 Å². The molecule has 1 N–H and O–H groups in total. The summed E-state index contributed by atoms with van der Waals surface area (Å²) in [7, 11) is -1.42. The molecule has 1 unspecified atom stereocenters. The van der Waals surface area contributed by atoms with Gasteiger partial charge in [-0.2, -0.15) is 0 Å². The molecule has 5 nitrogen and oxygen atoms in total. The van der Waals surface area contributed by atoms with Crippen molar-refractivity contribution < 1.29 is 8.42 Å². The van der Waals surface area contributed by atoms with Crippen molar-refractivity contribution in [3.63, 3.8) is 0 Å². The Balaban J connectivity index is 2.63. The first-order valence-corrected chi connectivity index (χ1v) is 7.88. The molecule has 1 atom stereocenters. The van der Waals surface area contributed by atoms with E-state index in [1.165, 1.54) is 17.6 Å². The standard InChI is InChI=1S/C10H13N3O2S2/c1-6(17(3,14)15)8-12-9(11-2)7-4-5-16-10(7)13-8/h4-6H,1-3H3,(H,11,12,13). The molecule has 0 aliphatic rings. The van der Waals surface area contributed by atoms with Crippen LogP contribution in [0.25, 0.3) is 10.2 Å². The van der Waals surface area contributed by atoms with Crippen LogP contribution in [-0.2, 0) is 9.84 Å². The van der Waals surface area contributed by atoms with E-state index < -0.39 is 15.1 Å². The van der Waals surface area contributed by atoms with Crippen molar-refractivity contribution >= 4 is 37.2 Å². The number of hydrogen-bond acceptors (Lipinski definition) is 6. The van der Waals surface area contributed by atoms with E-state index in [9.17, 15) is 8.42 Å². The Labute approximate surface area is 104 Å². The number of rotatable bonds is 3. The summed E-state index contributed by atoms with van der Waals surface area (Å²) in [6, 6.07) is 1.92. The summed E-state index contributed by atoms with van der Waals surface area (Å²) in [5.74, 6) is 1.01. The molecular weight excluding hydrogens is 258 g/mol. The number of anilines is 1. The minimum Gasteiger partial charge on any atom is -0.372 e. The van der Waals surface area contributed by atoms with Crippen LogP contribution in [0, 0.1) is 0 Å². The number of nitrogens with zero attached hydrogens (tertiary/aromatic N) is 2. The predicted octanol–water partition coefficient (Wildman–Crippen LogP) is 1.84. The fraction of sp³-hybridized carbons (Fsp3) is 0.400. The second-order valence-corrected chi connectivity index (χ2v) is 7.05. The summed E-state index contributed by atoms with van der Waals surface area (Å²) >= 11 is 1.47. The highest BCUT2D eigenvalue weighted by Crippen LogP contribution is 2.28. The predicted molar refractivity (Wildman–Crippen MR) is 70.2 cm³/mol. The summed E-state index contributed by atoms with van der Waals surface area (Å²) in [5.41, 5.74) is 0. The normalized spacial score (nSPS) is 13.8. The zero-order valence-electron chi connectivity index (χ0n) is 9.76. The van der Waals surface area contributed by atoms with E-state index in [1.807, 2.05) is 11.4 Å². The SMILES string of the molecule is CNc1nc(C(C)S(C)(=O)=O)nc2sccc12. The third kappa shape index (κ3) is 2.25. The topological polar surface area (TPSA) is 72.0 Å². The third-order valence-corrected chi connectivity index (χ3v) is 4.89. The number of hydrogen-bond donors (Lipinski definition) is 1. The molecule has 0 aliphatic heterocycles. The maximum absolute atomic E-state index is 11.5. The first-order chi connectivity index (χ1) is 7.93. The van der Waals surface area contributed by atoms with E-state index in [-0.39, 0.29) is 0 Å². The van der Waals surface area contributed by atoms with Crippen LogP contribution in [0.5, 0.6) is 0 Å². The number of sulfone groups is 1. The van der Waals surface area contributed by atoms with Crippen LogP contribution >= 0.6 is 11.3 Å². The molecule has 2 heterocycles. The highest BCUT2D eigenvalue weighted by molar-refractivity contribution is 7.90. The van der Waals surface area contributed by atoms with Gasteiger partial charge in [-0.05, 0) is 18.4 Å². The lowest BCUT2D eigenvalue weighted by Crippen LogP contribution is -2.12. The molecule has 2 aromatic rings. The molecule has 2 aromatic heterocycles. The van der Waals surface area contributed by atoms with Gasteiger partial charge in [0.15, 0.2) is 9.84 Å². The van der Waals surface area contributed by atoms with Gasteiger partial charge >= 0.3 is 0 Å². The minimum absolute atomic E-state index is 0.340. The van der Waals surface area contributed by atoms with Crippen molar-refractivity contribution in [2.24, 2.45) is 0 Å². The molecule has 0 amide bonds. The molecule has 0 bridgehead atoms. The van der Waals surface area contributed by atoms with Crippen LogP contribution in [0.3, 0.4) is 0 Å². The summed E-state index contributed by atoms with van der Waals surface area (Å²) in [6.45, 7) is 1.60. The molecular formula is C10H13N3O2S2. The number of thiophene rings is 1. The van der Waals surface area contributed by atoms with Crippen LogP contribution in [0.2, 0.25) is 0 Å². The summed E-state index contributed by atoms with van der Waals surface area (Å²) in [4.78, 5) is 9.36. The molecule has 0 radical (unpaired) electrons. The van der Waals surface area contributed by atoms with Gasteiger partial charge in [-0.15, -0.1) is 11.3 Å². The highest BCUT2D eigenvalue weighted by Gasteiger charge is 2.22. The zero-order chi connectivity index (χ0) is 12.6. The largest absolute Gasteiger partial charge is 0.372 e. The number of aromatic nitrogens is 2. The van der Waals surface area contributed by atoms with Crippen molar-refractivity contribution in [1.82, 2.24) is 9.97 Å². The Morgan fingerprint density at radius 1 is 1.41 bits per heavy atom. The number of fused-ring (bicyclic) bond motifs is 1. The molecule has 0 saturated carbocycles. The van der Waals surface area contributed by atoms with Crippen LogP contribution in [0.15, 0.2) is 11.4 Å². The van der Waals surface area contributed by atoms with Gasteiger partial charge in [-0.25, -0.2) is 18.4 Å². The molecule has 0 aromatic carbocycles. The van der Waals surface area contributed by atoms with Gasteiger partial charge in [0.2, 0.25) is 0 Å². The van der Waals surface area contributed by atoms with Crippen molar-refractivity contribution in [1.29, 1.82) is 0 Å². The molecule has 0 aliphatic carbocycles. The first kappa shape index (κ1) is 12.3. The zero-order valence-corrected chi connectivity index (χ0v) is 11.4. The Morgan fingerprint density at radius 2 is 2.12 bits per heavy atom. The minimum atomic E-state index is -3.18. The Morgan fingerprint density at radius 3 is 2.71 bits per heavy atom. The van der Waals surface area contributed by atoms with E-state index in [1.54, 1.807) is 14.0 Å². The second kappa shape index (κ2) is 4.23.